The molecule has 0 amide bonds. The SMILES string of the molecule is CCc1c(Br)c(-c2ccc(F)c(Cl)c2)nn1C. The van der Waals surface area contributed by atoms with Crippen LogP contribution in [0.4, 0.5) is 4.39 Å². The average Bonchev–Trinajstić information content (AvgIpc) is 2.58. The van der Waals surface area contributed by atoms with Gasteiger partial charge in [0.1, 0.15) is 11.5 Å². The van der Waals surface area contributed by atoms with Gasteiger partial charge in [-0.2, -0.15) is 5.10 Å². The van der Waals surface area contributed by atoms with E-state index >= 15 is 0 Å². The topological polar surface area (TPSA) is 17.8 Å². The van der Waals surface area contributed by atoms with Crippen molar-refractivity contribution >= 4 is 27.5 Å². The van der Waals surface area contributed by atoms with Crippen molar-refractivity contribution in [1.29, 1.82) is 0 Å². The highest BCUT2D eigenvalue weighted by Gasteiger charge is 2.14. The number of nitrogens with zero attached hydrogens (tertiary/aromatic N) is 2. The minimum atomic E-state index is -0.418. The fourth-order valence-electron chi connectivity index (χ4n) is 1.74. The number of aromatic nitrogens is 2. The fraction of sp³-hybridized carbons (Fsp3) is 0.250. The lowest BCUT2D eigenvalue weighted by Gasteiger charge is -2.00. The Bertz CT molecular complexity index is 566. The van der Waals surface area contributed by atoms with Crippen LogP contribution in [0.25, 0.3) is 11.3 Å². The maximum absolute atomic E-state index is 13.1. The second-order valence-corrected chi connectivity index (χ2v) is 4.92. The fourth-order valence-corrected chi connectivity index (χ4v) is 2.77. The van der Waals surface area contributed by atoms with Crippen LogP contribution in [0.5, 0.6) is 0 Å². The number of hydrogen-bond acceptors (Lipinski definition) is 1. The van der Waals surface area contributed by atoms with Crippen molar-refractivity contribution in [2.45, 2.75) is 13.3 Å². The van der Waals surface area contributed by atoms with Crippen molar-refractivity contribution in [3.63, 3.8) is 0 Å². The molecule has 5 heteroatoms. The molecule has 2 nitrogen and oxygen atoms in total. The van der Waals surface area contributed by atoms with Crippen LogP contribution in [0.15, 0.2) is 22.7 Å². The van der Waals surface area contributed by atoms with Gasteiger partial charge in [0.05, 0.1) is 15.2 Å². The van der Waals surface area contributed by atoms with E-state index in [-0.39, 0.29) is 5.02 Å². The van der Waals surface area contributed by atoms with Gasteiger partial charge in [0.15, 0.2) is 0 Å². The number of aryl methyl sites for hydroxylation is 1. The summed E-state index contributed by atoms with van der Waals surface area (Å²) in [6.45, 7) is 2.06. The minimum Gasteiger partial charge on any atom is -0.271 e. The van der Waals surface area contributed by atoms with E-state index in [1.54, 1.807) is 12.1 Å². The Balaban J connectivity index is 2.57. The first kappa shape index (κ1) is 12.6. The van der Waals surface area contributed by atoms with Crippen LogP contribution in [0.3, 0.4) is 0 Å². The van der Waals surface area contributed by atoms with Crippen LogP contribution in [-0.2, 0) is 13.5 Å². The Morgan fingerprint density at radius 2 is 2.18 bits per heavy atom. The van der Waals surface area contributed by atoms with Crippen LogP contribution < -0.4 is 0 Å². The molecule has 0 atom stereocenters. The van der Waals surface area contributed by atoms with E-state index in [1.165, 1.54) is 6.07 Å². The highest BCUT2D eigenvalue weighted by molar-refractivity contribution is 9.10. The Kier molecular flexibility index (Phi) is 3.54. The van der Waals surface area contributed by atoms with Crippen LogP contribution >= 0.6 is 27.5 Å². The lowest BCUT2D eigenvalue weighted by Crippen LogP contribution is -1.96. The summed E-state index contributed by atoms with van der Waals surface area (Å²) in [5, 5.41) is 4.52. The van der Waals surface area contributed by atoms with Gasteiger partial charge in [-0.05, 0) is 40.5 Å². The molecule has 1 aromatic heterocycles. The summed E-state index contributed by atoms with van der Waals surface area (Å²) < 4.78 is 15.8. The molecule has 0 aliphatic rings. The molecule has 0 saturated heterocycles. The maximum atomic E-state index is 13.1. The zero-order valence-electron chi connectivity index (χ0n) is 9.47. The third-order valence-corrected chi connectivity index (χ3v) is 3.75. The number of hydrogen-bond donors (Lipinski definition) is 0. The van der Waals surface area contributed by atoms with Crippen molar-refractivity contribution in [1.82, 2.24) is 9.78 Å². The Morgan fingerprint density at radius 3 is 2.71 bits per heavy atom. The molecule has 0 saturated carbocycles. The van der Waals surface area contributed by atoms with Crippen LogP contribution in [0.2, 0.25) is 5.02 Å². The molecule has 2 rings (SSSR count). The summed E-state index contributed by atoms with van der Waals surface area (Å²) in [5.41, 5.74) is 2.69. The molecule has 1 aromatic carbocycles. The van der Waals surface area contributed by atoms with Crippen molar-refractivity contribution < 1.29 is 4.39 Å². The zero-order valence-corrected chi connectivity index (χ0v) is 11.8. The summed E-state index contributed by atoms with van der Waals surface area (Å²) in [5.74, 6) is -0.418. The molecule has 90 valence electrons. The third-order valence-electron chi connectivity index (χ3n) is 2.63. The van der Waals surface area contributed by atoms with Gasteiger partial charge in [-0.25, -0.2) is 4.39 Å². The highest BCUT2D eigenvalue weighted by Crippen LogP contribution is 2.32. The van der Waals surface area contributed by atoms with E-state index in [9.17, 15) is 4.39 Å². The lowest BCUT2D eigenvalue weighted by atomic mass is 10.1. The van der Waals surface area contributed by atoms with Gasteiger partial charge in [0.25, 0.3) is 0 Å². The molecule has 0 bridgehead atoms. The van der Waals surface area contributed by atoms with Gasteiger partial charge in [-0.1, -0.05) is 18.5 Å². The van der Waals surface area contributed by atoms with Crippen molar-refractivity contribution in [2.24, 2.45) is 7.05 Å². The molecule has 0 aliphatic heterocycles. The normalized spacial score (nSPS) is 10.9. The molecule has 0 spiro atoms. The second-order valence-electron chi connectivity index (χ2n) is 3.72. The van der Waals surface area contributed by atoms with E-state index < -0.39 is 5.82 Å². The Morgan fingerprint density at radius 1 is 1.47 bits per heavy atom. The Hall–Kier alpha value is -0.870. The molecule has 0 radical (unpaired) electrons. The summed E-state index contributed by atoms with van der Waals surface area (Å²) in [4.78, 5) is 0. The zero-order chi connectivity index (χ0) is 12.6. The maximum Gasteiger partial charge on any atom is 0.141 e. The molecule has 1 heterocycles. The van der Waals surface area contributed by atoms with Gasteiger partial charge in [0.2, 0.25) is 0 Å². The number of benzene rings is 1. The third kappa shape index (κ3) is 2.24. The largest absolute Gasteiger partial charge is 0.271 e. The molecular formula is C12H11BrClFN2. The standard InChI is InChI=1S/C12H11BrClFN2/c1-3-10-11(13)12(16-17(10)2)7-4-5-9(15)8(14)6-7/h4-6H,3H2,1-2H3. The average molecular weight is 318 g/mol. The molecule has 0 unspecified atom stereocenters. The van der Waals surface area contributed by atoms with Crippen LogP contribution in [0.1, 0.15) is 12.6 Å². The monoisotopic (exact) mass is 316 g/mol. The molecule has 17 heavy (non-hydrogen) atoms. The van der Waals surface area contributed by atoms with Gasteiger partial charge < -0.3 is 0 Å². The molecule has 0 aliphatic carbocycles. The predicted molar refractivity (Wildman–Crippen MR) is 70.7 cm³/mol. The number of rotatable bonds is 2. The van der Waals surface area contributed by atoms with Crippen molar-refractivity contribution in [3.8, 4) is 11.3 Å². The van der Waals surface area contributed by atoms with E-state index in [0.717, 1.165) is 27.8 Å². The molecule has 2 aromatic rings. The van der Waals surface area contributed by atoms with E-state index in [4.69, 9.17) is 11.6 Å². The van der Waals surface area contributed by atoms with Crippen molar-refractivity contribution in [2.75, 3.05) is 0 Å². The van der Waals surface area contributed by atoms with Crippen LogP contribution in [-0.4, -0.2) is 9.78 Å². The van der Waals surface area contributed by atoms with E-state index in [2.05, 4.69) is 28.0 Å². The van der Waals surface area contributed by atoms with E-state index in [0.29, 0.717) is 0 Å². The van der Waals surface area contributed by atoms with Gasteiger partial charge >= 0.3 is 0 Å². The highest BCUT2D eigenvalue weighted by atomic mass is 79.9. The van der Waals surface area contributed by atoms with Gasteiger partial charge in [0, 0.05) is 12.6 Å². The smallest absolute Gasteiger partial charge is 0.141 e. The first-order valence-electron chi connectivity index (χ1n) is 5.21. The van der Waals surface area contributed by atoms with Gasteiger partial charge in [-0.15, -0.1) is 0 Å². The van der Waals surface area contributed by atoms with Crippen LogP contribution in [0, 0.1) is 5.82 Å². The summed E-state index contributed by atoms with van der Waals surface area (Å²) in [6, 6.07) is 4.61. The summed E-state index contributed by atoms with van der Waals surface area (Å²) >= 11 is 9.29. The molecule has 0 fully saturated rings. The van der Waals surface area contributed by atoms with E-state index in [1.807, 2.05) is 11.7 Å². The molecule has 0 N–H and O–H groups in total. The minimum absolute atomic E-state index is 0.109. The first-order valence-corrected chi connectivity index (χ1v) is 6.38. The Labute approximate surface area is 113 Å². The summed E-state index contributed by atoms with van der Waals surface area (Å²) in [7, 11) is 1.89. The van der Waals surface area contributed by atoms with Gasteiger partial charge in [-0.3, -0.25) is 4.68 Å². The second kappa shape index (κ2) is 4.78. The quantitative estimate of drug-likeness (QED) is 0.811. The molecular weight excluding hydrogens is 307 g/mol. The lowest BCUT2D eigenvalue weighted by molar-refractivity contribution is 0.628. The summed E-state index contributed by atoms with van der Waals surface area (Å²) in [6.07, 6.45) is 0.874. The van der Waals surface area contributed by atoms with Crippen molar-refractivity contribution in [3.05, 3.63) is 39.2 Å². The first-order chi connectivity index (χ1) is 8.04. The number of halogens is 3. The predicted octanol–water partition coefficient (Wildman–Crippen LogP) is 4.20.